The van der Waals surface area contributed by atoms with Crippen LogP contribution in [-0.4, -0.2) is 38.8 Å². The molecule has 0 aromatic heterocycles. The molecule has 6 nitrogen and oxygen atoms in total. The van der Waals surface area contributed by atoms with E-state index < -0.39 is 15.6 Å². The van der Waals surface area contributed by atoms with E-state index in [0.29, 0.717) is 0 Å². The van der Waals surface area contributed by atoms with Crippen LogP contribution in [0.2, 0.25) is 0 Å². The quantitative estimate of drug-likeness (QED) is 0.728. The summed E-state index contributed by atoms with van der Waals surface area (Å²) in [4.78, 5) is 11.9. The summed E-state index contributed by atoms with van der Waals surface area (Å²) < 4.78 is 37.8. The maximum absolute atomic E-state index is 12.9. The van der Waals surface area contributed by atoms with Crippen LogP contribution in [0.5, 0.6) is 0 Å². The van der Waals surface area contributed by atoms with Gasteiger partial charge in [0, 0.05) is 24.0 Å². The number of urea groups is 1. The third-order valence-electron chi connectivity index (χ3n) is 3.56. The highest BCUT2D eigenvalue weighted by atomic mass is 32.2. The highest BCUT2D eigenvalue weighted by Crippen LogP contribution is 2.40. The van der Waals surface area contributed by atoms with Crippen molar-refractivity contribution < 1.29 is 17.6 Å². The Bertz CT molecular complexity index is 674. The second kappa shape index (κ2) is 6.45. The van der Waals surface area contributed by atoms with Crippen molar-refractivity contribution in [1.82, 2.24) is 15.4 Å². The van der Waals surface area contributed by atoms with Gasteiger partial charge in [0.05, 0.1) is 6.26 Å². The molecule has 0 unspecified atom stereocenters. The maximum Gasteiger partial charge on any atom is 0.315 e. The highest BCUT2D eigenvalue weighted by molar-refractivity contribution is 7.88. The summed E-state index contributed by atoms with van der Waals surface area (Å²) in [6.45, 7) is 3.54. The van der Waals surface area contributed by atoms with Crippen LogP contribution in [-0.2, 0) is 10.0 Å². The van der Waals surface area contributed by atoms with Gasteiger partial charge in [-0.25, -0.2) is 22.3 Å². The van der Waals surface area contributed by atoms with Crippen LogP contribution < -0.4 is 15.4 Å². The Hall–Kier alpha value is -1.67. The normalized spacial score (nSPS) is 20.9. The molecule has 0 bridgehead atoms. The van der Waals surface area contributed by atoms with Gasteiger partial charge in [0.2, 0.25) is 10.0 Å². The molecule has 0 aliphatic heterocycles. The Morgan fingerprint density at radius 2 is 1.91 bits per heavy atom. The smallest absolute Gasteiger partial charge is 0.315 e. The zero-order valence-corrected chi connectivity index (χ0v) is 14.2. The molecule has 23 heavy (non-hydrogen) atoms. The lowest BCUT2D eigenvalue weighted by Crippen LogP contribution is -2.52. The SMILES string of the molecule is CC(C)(CNC(=O)N[C@H]1C[C@@H]1c1ccc(F)cc1)NS(C)(=O)=O. The first-order valence-electron chi connectivity index (χ1n) is 7.34. The first kappa shape index (κ1) is 17.7. The van der Waals surface area contributed by atoms with Crippen molar-refractivity contribution >= 4 is 16.1 Å². The van der Waals surface area contributed by atoms with Crippen molar-refractivity contribution in [2.45, 2.75) is 37.8 Å². The van der Waals surface area contributed by atoms with Crippen molar-refractivity contribution in [1.29, 1.82) is 0 Å². The summed E-state index contributed by atoms with van der Waals surface area (Å²) in [7, 11) is -3.34. The molecule has 1 aromatic carbocycles. The van der Waals surface area contributed by atoms with Gasteiger partial charge in [-0.3, -0.25) is 0 Å². The standard InChI is InChI=1S/C15H22FN3O3S/c1-15(2,19-23(3,21)22)9-17-14(20)18-13-8-12(13)10-4-6-11(16)7-5-10/h4-7,12-13,19H,8-9H2,1-3H3,(H2,17,18,20)/t12-,13+/m1/s1. The van der Waals surface area contributed by atoms with Crippen molar-refractivity contribution in [3.8, 4) is 0 Å². The van der Waals surface area contributed by atoms with Crippen LogP contribution in [0.25, 0.3) is 0 Å². The topological polar surface area (TPSA) is 87.3 Å². The molecular weight excluding hydrogens is 321 g/mol. The molecule has 3 N–H and O–H groups in total. The molecule has 1 fully saturated rings. The zero-order chi connectivity index (χ0) is 17.3. The molecule has 0 spiro atoms. The molecule has 1 aliphatic carbocycles. The Morgan fingerprint density at radius 3 is 2.48 bits per heavy atom. The number of rotatable bonds is 6. The minimum atomic E-state index is -3.34. The number of carbonyl (C=O) groups excluding carboxylic acids is 1. The van der Waals surface area contributed by atoms with Gasteiger partial charge in [-0.2, -0.15) is 0 Å². The number of benzene rings is 1. The molecule has 2 rings (SSSR count). The monoisotopic (exact) mass is 343 g/mol. The molecule has 0 heterocycles. The van der Waals surface area contributed by atoms with Gasteiger partial charge in [0.1, 0.15) is 5.82 Å². The predicted molar refractivity (Wildman–Crippen MR) is 86.1 cm³/mol. The van der Waals surface area contributed by atoms with Crippen molar-refractivity contribution in [3.05, 3.63) is 35.6 Å². The van der Waals surface area contributed by atoms with Crippen molar-refractivity contribution in [2.75, 3.05) is 12.8 Å². The number of nitrogens with one attached hydrogen (secondary N) is 3. The van der Waals surface area contributed by atoms with Gasteiger partial charge in [-0.05, 0) is 38.0 Å². The first-order chi connectivity index (χ1) is 10.6. The Kier molecular flexibility index (Phi) is 4.95. The molecule has 0 radical (unpaired) electrons. The Balaban J connectivity index is 1.77. The van der Waals surface area contributed by atoms with E-state index in [-0.39, 0.29) is 30.4 Å². The van der Waals surface area contributed by atoms with Crippen LogP contribution in [0.15, 0.2) is 24.3 Å². The van der Waals surface area contributed by atoms with Crippen molar-refractivity contribution in [2.24, 2.45) is 0 Å². The highest BCUT2D eigenvalue weighted by Gasteiger charge is 2.39. The van der Waals surface area contributed by atoms with E-state index in [9.17, 15) is 17.6 Å². The number of amides is 2. The predicted octanol–water partition coefficient (Wildman–Crippen LogP) is 1.31. The fraction of sp³-hybridized carbons (Fsp3) is 0.533. The minimum absolute atomic E-state index is 0.0199. The van der Waals surface area contributed by atoms with Crippen LogP contribution in [0, 0.1) is 5.82 Å². The molecule has 8 heteroatoms. The third-order valence-corrected chi connectivity index (χ3v) is 4.48. The number of hydrogen-bond donors (Lipinski definition) is 3. The summed E-state index contributed by atoms with van der Waals surface area (Å²) in [6.07, 6.45) is 1.89. The number of carbonyl (C=O) groups is 1. The molecule has 128 valence electrons. The van der Waals surface area contributed by atoms with Gasteiger partial charge in [-0.15, -0.1) is 0 Å². The van der Waals surface area contributed by atoms with Crippen LogP contribution >= 0.6 is 0 Å². The van der Waals surface area contributed by atoms with Gasteiger partial charge in [-0.1, -0.05) is 12.1 Å². The number of halogens is 1. The lowest BCUT2D eigenvalue weighted by atomic mass is 10.1. The maximum atomic E-state index is 12.9. The minimum Gasteiger partial charge on any atom is -0.336 e. The van der Waals surface area contributed by atoms with E-state index in [4.69, 9.17) is 0 Å². The first-order valence-corrected chi connectivity index (χ1v) is 9.24. The molecule has 2 amide bonds. The van der Waals surface area contributed by atoms with E-state index >= 15 is 0 Å². The average molecular weight is 343 g/mol. The molecule has 1 aromatic rings. The fourth-order valence-electron chi connectivity index (χ4n) is 2.49. The second-order valence-electron chi connectivity index (χ2n) is 6.59. The van der Waals surface area contributed by atoms with Crippen LogP contribution in [0.4, 0.5) is 9.18 Å². The zero-order valence-electron chi connectivity index (χ0n) is 13.4. The molecule has 1 aliphatic rings. The number of sulfonamides is 1. The van der Waals surface area contributed by atoms with Gasteiger partial charge in [0.25, 0.3) is 0 Å². The van der Waals surface area contributed by atoms with E-state index in [0.717, 1.165) is 18.2 Å². The van der Waals surface area contributed by atoms with Gasteiger partial charge < -0.3 is 10.6 Å². The molecule has 0 saturated heterocycles. The van der Waals surface area contributed by atoms with Crippen LogP contribution in [0.1, 0.15) is 31.7 Å². The van der Waals surface area contributed by atoms with E-state index in [1.54, 1.807) is 26.0 Å². The Labute approximate surface area is 135 Å². The number of hydrogen-bond acceptors (Lipinski definition) is 3. The summed E-state index contributed by atoms with van der Waals surface area (Å²) in [5, 5.41) is 5.49. The third kappa shape index (κ3) is 5.80. The summed E-state index contributed by atoms with van der Waals surface area (Å²) in [5.74, 6) is -0.0826. The van der Waals surface area contributed by atoms with Gasteiger partial charge in [0.15, 0.2) is 0 Å². The summed E-state index contributed by atoms with van der Waals surface area (Å²) in [6, 6.07) is 5.93. The largest absolute Gasteiger partial charge is 0.336 e. The molecule has 2 atom stereocenters. The molecular formula is C15H22FN3O3S. The fourth-order valence-corrected chi connectivity index (χ4v) is 3.57. The summed E-state index contributed by atoms with van der Waals surface area (Å²) in [5.41, 5.74) is 0.223. The molecule has 1 saturated carbocycles. The van der Waals surface area contributed by atoms with Crippen LogP contribution in [0.3, 0.4) is 0 Å². The van der Waals surface area contributed by atoms with Crippen molar-refractivity contribution in [3.63, 3.8) is 0 Å². The average Bonchev–Trinajstić information content (AvgIpc) is 3.14. The second-order valence-corrected chi connectivity index (χ2v) is 8.33. The lowest BCUT2D eigenvalue weighted by Gasteiger charge is -2.25. The van der Waals surface area contributed by atoms with Gasteiger partial charge >= 0.3 is 6.03 Å². The van der Waals surface area contributed by atoms with E-state index in [1.807, 2.05) is 0 Å². The Morgan fingerprint density at radius 1 is 1.30 bits per heavy atom. The van der Waals surface area contributed by atoms with E-state index in [1.165, 1.54) is 12.1 Å². The lowest BCUT2D eigenvalue weighted by molar-refractivity contribution is 0.237. The summed E-state index contributed by atoms with van der Waals surface area (Å²) >= 11 is 0. The van der Waals surface area contributed by atoms with E-state index in [2.05, 4.69) is 15.4 Å².